The molecule has 1 N–H and O–H groups in total. The molecule has 1 aromatic rings. The first-order chi connectivity index (χ1) is 9.02. The number of piperazine rings is 1. The van der Waals surface area contributed by atoms with E-state index in [4.69, 9.17) is 0 Å². The van der Waals surface area contributed by atoms with E-state index in [1.165, 1.54) is 16.8 Å². The summed E-state index contributed by atoms with van der Waals surface area (Å²) in [4.78, 5) is 5.04. The summed E-state index contributed by atoms with van der Waals surface area (Å²) >= 11 is 0. The van der Waals surface area contributed by atoms with Crippen LogP contribution in [0.2, 0.25) is 0 Å². The van der Waals surface area contributed by atoms with Crippen LogP contribution in [0.3, 0.4) is 0 Å². The van der Waals surface area contributed by atoms with Gasteiger partial charge in [0.1, 0.15) is 0 Å². The second kappa shape index (κ2) is 5.93. The van der Waals surface area contributed by atoms with Gasteiger partial charge in [0.2, 0.25) is 0 Å². The number of benzene rings is 1. The Bertz CT molecular complexity index is 430. The highest BCUT2D eigenvalue weighted by molar-refractivity contribution is 5.55. The maximum absolute atomic E-state index is 3.31. The van der Waals surface area contributed by atoms with Gasteiger partial charge in [0.15, 0.2) is 0 Å². The molecule has 2 atom stereocenters. The molecule has 2 rings (SSSR count). The van der Waals surface area contributed by atoms with Gasteiger partial charge in [-0.15, -0.1) is 0 Å². The van der Waals surface area contributed by atoms with Crippen molar-refractivity contribution in [3.05, 3.63) is 29.3 Å². The van der Waals surface area contributed by atoms with Crippen molar-refractivity contribution in [3.8, 4) is 0 Å². The van der Waals surface area contributed by atoms with Crippen molar-refractivity contribution < 1.29 is 0 Å². The van der Waals surface area contributed by atoms with E-state index in [0.717, 1.165) is 19.6 Å². The van der Waals surface area contributed by atoms with Crippen LogP contribution >= 0.6 is 0 Å². The van der Waals surface area contributed by atoms with Crippen LogP contribution in [0.4, 0.5) is 5.69 Å². The largest absolute Gasteiger partial charge is 0.366 e. The summed E-state index contributed by atoms with van der Waals surface area (Å²) in [5, 5.41) is 3.31. The minimum absolute atomic E-state index is 0.569. The van der Waals surface area contributed by atoms with Crippen molar-refractivity contribution in [1.29, 1.82) is 0 Å². The summed E-state index contributed by atoms with van der Waals surface area (Å²) in [5.74, 6) is 0. The molecular weight excluding hydrogens is 234 g/mol. The molecule has 3 heteroatoms. The fraction of sp³-hybridized carbons (Fsp3) is 0.625. The van der Waals surface area contributed by atoms with E-state index in [1.54, 1.807) is 0 Å². The summed E-state index contributed by atoms with van der Waals surface area (Å²) < 4.78 is 0. The smallest absolute Gasteiger partial charge is 0.0399 e. The minimum atomic E-state index is 0.569. The highest BCUT2D eigenvalue weighted by atomic mass is 15.3. The molecule has 0 bridgehead atoms. The van der Waals surface area contributed by atoms with E-state index in [9.17, 15) is 0 Å². The van der Waals surface area contributed by atoms with E-state index in [2.05, 4.69) is 61.1 Å². The number of hydrogen-bond acceptors (Lipinski definition) is 3. The highest BCUT2D eigenvalue weighted by Crippen LogP contribution is 2.26. The van der Waals surface area contributed by atoms with Gasteiger partial charge in [0, 0.05) is 37.4 Å². The minimum Gasteiger partial charge on any atom is -0.366 e. The van der Waals surface area contributed by atoms with Crippen LogP contribution in [0.15, 0.2) is 18.2 Å². The van der Waals surface area contributed by atoms with E-state index < -0.39 is 0 Å². The topological polar surface area (TPSA) is 18.5 Å². The van der Waals surface area contributed by atoms with Crippen LogP contribution in [0.25, 0.3) is 0 Å². The Morgan fingerprint density at radius 1 is 1.26 bits per heavy atom. The first-order valence-electron chi connectivity index (χ1n) is 7.21. The lowest BCUT2D eigenvalue weighted by Gasteiger charge is -2.45. The quantitative estimate of drug-likeness (QED) is 0.898. The van der Waals surface area contributed by atoms with E-state index >= 15 is 0 Å². The molecule has 1 saturated heterocycles. The molecule has 2 unspecified atom stereocenters. The Hall–Kier alpha value is -1.06. The molecule has 3 nitrogen and oxygen atoms in total. The van der Waals surface area contributed by atoms with E-state index in [-0.39, 0.29) is 0 Å². The summed E-state index contributed by atoms with van der Waals surface area (Å²) in [6.45, 7) is 9.98. The van der Waals surface area contributed by atoms with Gasteiger partial charge in [0.25, 0.3) is 0 Å². The van der Waals surface area contributed by atoms with Crippen molar-refractivity contribution in [1.82, 2.24) is 10.2 Å². The van der Waals surface area contributed by atoms with E-state index in [1.807, 2.05) is 7.05 Å². The maximum Gasteiger partial charge on any atom is 0.0399 e. The monoisotopic (exact) mass is 261 g/mol. The van der Waals surface area contributed by atoms with Crippen molar-refractivity contribution in [2.45, 2.75) is 32.9 Å². The fourth-order valence-corrected chi connectivity index (χ4v) is 3.13. The van der Waals surface area contributed by atoms with E-state index in [0.29, 0.717) is 12.1 Å². The molecule has 1 aliphatic heterocycles. The van der Waals surface area contributed by atoms with Gasteiger partial charge in [-0.25, -0.2) is 0 Å². The number of hydrogen-bond donors (Lipinski definition) is 1. The van der Waals surface area contributed by atoms with Gasteiger partial charge in [-0.05, 0) is 46.5 Å². The third kappa shape index (κ3) is 3.10. The predicted octanol–water partition coefficient (Wildman–Crippen LogP) is 2.03. The number of nitrogens with zero attached hydrogens (tertiary/aromatic N) is 2. The van der Waals surface area contributed by atoms with Crippen LogP contribution in [0.5, 0.6) is 0 Å². The molecule has 1 aromatic carbocycles. The lowest BCUT2D eigenvalue weighted by atomic mass is 10.0. The molecule has 0 aliphatic carbocycles. The first-order valence-corrected chi connectivity index (χ1v) is 7.21. The van der Waals surface area contributed by atoms with Crippen molar-refractivity contribution in [2.75, 3.05) is 38.6 Å². The maximum atomic E-state index is 3.31. The van der Waals surface area contributed by atoms with Crippen LogP contribution in [0, 0.1) is 13.8 Å². The third-order valence-electron chi connectivity index (χ3n) is 4.22. The fourth-order valence-electron chi connectivity index (χ4n) is 3.13. The van der Waals surface area contributed by atoms with Crippen LogP contribution in [0.1, 0.15) is 18.1 Å². The number of likely N-dealkylation sites (N-methyl/N-ethyl adjacent to an activating group) is 2. The van der Waals surface area contributed by atoms with Gasteiger partial charge in [-0.3, -0.25) is 4.90 Å². The van der Waals surface area contributed by atoms with Crippen LogP contribution in [-0.2, 0) is 0 Å². The lowest BCUT2D eigenvalue weighted by molar-refractivity contribution is 0.190. The Morgan fingerprint density at radius 3 is 2.63 bits per heavy atom. The molecule has 0 saturated carbocycles. The van der Waals surface area contributed by atoms with Gasteiger partial charge >= 0.3 is 0 Å². The predicted molar refractivity (Wildman–Crippen MR) is 83.1 cm³/mol. The SMILES string of the molecule is CNCC1CN(c2ccc(C)cc2C)C(C)CN1C. The van der Waals surface area contributed by atoms with Crippen molar-refractivity contribution in [3.63, 3.8) is 0 Å². The zero-order valence-electron chi connectivity index (χ0n) is 12.9. The Labute approximate surface area is 117 Å². The summed E-state index contributed by atoms with van der Waals surface area (Å²) in [6, 6.07) is 7.94. The molecule has 106 valence electrons. The molecule has 0 spiro atoms. The Morgan fingerprint density at radius 2 is 2.00 bits per heavy atom. The Balaban J connectivity index is 2.22. The van der Waals surface area contributed by atoms with Crippen molar-refractivity contribution in [2.24, 2.45) is 0 Å². The standard InChI is InChI=1S/C16H27N3/c1-12-6-7-16(13(2)8-12)19-11-15(9-17-4)18(5)10-14(19)3/h6-8,14-15,17H,9-11H2,1-5H3. The molecule has 19 heavy (non-hydrogen) atoms. The van der Waals surface area contributed by atoms with Gasteiger partial charge in [-0.1, -0.05) is 17.7 Å². The molecule has 0 aromatic heterocycles. The summed E-state index contributed by atoms with van der Waals surface area (Å²) in [6.07, 6.45) is 0. The molecule has 0 radical (unpaired) electrons. The molecular formula is C16H27N3. The zero-order valence-corrected chi connectivity index (χ0v) is 12.9. The number of anilines is 1. The average Bonchev–Trinajstić information content (AvgIpc) is 2.34. The summed E-state index contributed by atoms with van der Waals surface area (Å²) in [5.41, 5.74) is 4.13. The second-order valence-electron chi connectivity index (χ2n) is 5.94. The molecule has 1 fully saturated rings. The lowest BCUT2D eigenvalue weighted by Crippen LogP contribution is -2.58. The second-order valence-corrected chi connectivity index (χ2v) is 5.94. The normalized spacial score (nSPS) is 24.8. The van der Waals surface area contributed by atoms with Crippen molar-refractivity contribution >= 4 is 5.69 Å². The first kappa shape index (κ1) is 14.4. The third-order valence-corrected chi connectivity index (χ3v) is 4.22. The van der Waals surface area contributed by atoms with Gasteiger partial charge in [-0.2, -0.15) is 0 Å². The van der Waals surface area contributed by atoms with Crippen LogP contribution < -0.4 is 10.2 Å². The number of nitrogens with one attached hydrogen (secondary N) is 1. The summed E-state index contributed by atoms with van der Waals surface area (Å²) in [7, 11) is 4.27. The number of rotatable bonds is 3. The van der Waals surface area contributed by atoms with Crippen LogP contribution in [-0.4, -0.2) is 50.7 Å². The highest BCUT2D eigenvalue weighted by Gasteiger charge is 2.29. The number of aryl methyl sites for hydroxylation is 2. The molecule has 1 aliphatic rings. The molecule has 0 amide bonds. The average molecular weight is 261 g/mol. The van der Waals surface area contributed by atoms with Gasteiger partial charge in [0.05, 0.1) is 0 Å². The molecule has 1 heterocycles. The van der Waals surface area contributed by atoms with Gasteiger partial charge < -0.3 is 10.2 Å². The zero-order chi connectivity index (χ0) is 14.0. The Kier molecular flexibility index (Phi) is 4.48.